The lowest BCUT2D eigenvalue weighted by molar-refractivity contribution is -0.675. The van der Waals surface area contributed by atoms with Crippen molar-refractivity contribution in [2.75, 3.05) is 0 Å². The Balaban J connectivity index is 2.44. The van der Waals surface area contributed by atoms with E-state index in [2.05, 4.69) is 10.6 Å². The van der Waals surface area contributed by atoms with Crippen LogP contribution in [-0.2, 0) is 23.2 Å². The molecule has 0 aliphatic rings. The van der Waals surface area contributed by atoms with E-state index in [0.29, 0.717) is 31.4 Å². The Morgan fingerprint density at radius 1 is 1.33 bits per heavy atom. The largest absolute Gasteiger partial charge is 0.285 e. The van der Waals surface area contributed by atoms with Crippen molar-refractivity contribution in [2.24, 2.45) is 0 Å². The minimum atomic E-state index is -4.05. The molecule has 0 saturated heterocycles. The van der Waals surface area contributed by atoms with Gasteiger partial charge in [0.05, 0.1) is 30.0 Å². The van der Waals surface area contributed by atoms with E-state index in [4.69, 9.17) is 5.26 Å². The monoisotopic (exact) mass is 350 g/mol. The van der Waals surface area contributed by atoms with Crippen molar-refractivity contribution in [2.45, 2.75) is 58.4 Å². The van der Waals surface area contributed by atoms with Gasteiger partial charge < -0.3 is 0 Å². The summed E-state index contributed by atoms with van der Waals surface area (Å²) < 4.78 is 36.7. The molecule has 0 amide bonds. The molecular formula is C17H24N3O3S+. The Morgan fingerprint density at radius 2 is 2.04 bits per heavy atom. The van der Waals surface area contributed by atoms with Gasteiger partial charge in [-0.3, -0.25) is 4.55 Å². The molecule has 130 valence electrons. The summed E-state index contributed by atoms with van der Waals surface area (Å²) in [7, 11) is -4.05. The summed E-state index contributed by atoms with van der Waals surface area (Å²) >= 11 is 0. The van der Waals surface area contributed by atoms with Gasteiger partial charge in [0.2, 0.25) is 0 Å². The molecule has 0 aliphatic carbocycles. The van der Waals surface area contributed by atoms with Crippen LogP contribution in [0.3, 0.4) is 0 Å². The molecule has 0 saturated carbocycles. The summed E-state index contributed by atoms with van der Waals surface area (Å²) in [4.78, 5) is 0. The SMILES string of the molecule is CCCC(CCn1c(C)[n+](CC)c2ccc(C#N)cc21)S(=O)(=O)O. The van der Waals surface area contributed by atoms with E-state index in [1.54, 1.807) is 6.07 Å². The van der Waals surface area contributed by atoms with Crippen LogP contribution in [0.1, 0.15) is 44.5 Å². The maximum atomic E-state index is 11.6. The minimum Gasteiger partial charge on any atom is -0.285 e. The average molecular weight is 350 g/mol. The lowest BCUT2D eigenvalue weighted by Crippen LogP contribution is -2.35. The number of fused-ring (bicyclic) bond motifs is 1. The second-order valence-corrected chi connectivity index (χ2v) is 7.67. The van der Waals surface area contributed by atoms with Crippen molar-refractivity contribution in [3.8, 4) is 6.07 Å². The van der Waals surface area contributed by atoms with Gasteiger partial charge in [-0.2, -0.15) is 13.7 Å². The van der Waals surface area contributed by atoms with E-state index >= 15 is 0 Å². The third-order valence-corrected chi connectivity index (χ3v) is 5.80. The highest BCUT2D eigenvalue weighted by Gasteiger charge is 2.26. The Bertz CT molecular complexity index is 879. The fourth-order valence-electron chi connectivity index (χ4n) is 3.25. The van der Waals surface area contributed by atoms with Gasteiger partial charge in [-0.15, -0.1) is 0 Å². The zero-order chi connectivity index (χ0) is 17.9. The van der Waals surface area contributed by atoms with E-state index < -0.39 is 15.4 Å². The van der Waals surface area contributed by atoms with Crippen LogP contribution in [0.15, 0.2) is 18.2 Å². The fourth-order valence-corrected chi connectivity index (χ4v) is 4.19. The molecule has 1 N–H and O–H groups in total. The van der Waals surface area contributed by atoms with Crippen molar-refractivity contribution in [1.29, 1.82) is 5.26 Å². The number of nitriles is 1. The number of imidazole rings is 1. The van der Waals surface area contributed by atoms with Gasteiger partial charge in [-0.1, -0.05) is 13.3 Å². The summed E-state index contributed by atoms with van der Waals surface area (Å²) in [6.45, 7) is 7.20. The Kier molecular flexibility index (Phi) is 5.62. The third kappa shape index (κ3) is 3.60. The highest BCUT2D eigenvalue weighted by atomic mass is 32.2. The first-order chi connectivity index (χ1) is 11.3. The number of benzene rings is 1. The van der Waals surface area contributed by atoms with Crippen LogP contribution in [0.4, 0.5) is 0 Å². The highest BCUT2D eigenvalue weighted by molar-refractivity contribution is 7.86. The van der Waals surface area contributed by atoms with Crippen LogP contribution >= 0.6 is 0 Å². The quantitative estimate of drug-likeness (QED) is 0.614. The second-order valence-electron chi connectivity index (χ2n) is 5.97. The molecule has 0 aliphatic heterocycles. The molecule has 1 aromatic carbocycles. The lowest BCUT2D eigenvalue weighted by atomic mass is 10.2. The zero-order valence-electron chi connectivity index (χ0n) is 14.4. The van der Waals surface area contributed by atoms with Crippen molar-refractivity contribution >= 4 is 21.2 Å². The van der Waals surface area contributed by atoms with Gasteiger partial charge in [0.25, 0.3) is 15.9 Å². The van der Waals surface area contributed by atoms with Crippen LogP contribution in [-0.4, -0.2) is 22.8 Å². The van der Waals surface area contributed by atoms with E-state index in [-0.39, 0.29) is 0 Å². The number of rotatable bonds is 7. The van der Waals surface area contributed by atoms with E-state index in [1.165, 1.54) is 0 Å². The standard InChI is InChI=1S/C17H23N3O3S/c1-4-6-15(24(21,22)23)9-10-20-13(3)19(5-2)16-8-7-14(12-18)11-17(16)20/h7-8,11,15H,4-6,9-10H2,1-3H3/p+1. The number of nitrogens with zero attached hydrogens (tertiary/aromatic N) is 3. The molecule has 1 atom stereocenters. The second kappa shape index (κ2) is 7.32. The molecule has 2 aromatic rings. The Labute approximate surface area is 143 Å². The van der Waals surface area contributed by atoms with E-state index in [0.717, 1.165) is 23.4 Å². The molecule has 1 unspecified atom stereocenters. The van der Waals surface area contributed by atoms with E-state index in [9.17, 15) is 13.0 Å². The Morgan fingerprint density at radius 3 is 2.58 bits per heavy atom. The molecule has 7 heteroatoms. The van der Waals surface area contributed by atoms with Gasteiger partial charge in [0, 0.05) is 19.4 Å². The molecule has 0 radical (unpaired) electrons. The average Bonchev–Trinajstić information content (AvgIpc) is 2.80. The van der Waals surface area contributed by atoms with Gasteiger partial charge >= 0.3 is 0 Å². The first-order valence-electron chi connectivity index (χ1n) is 8.22. The Hall–Kier alpha value is -1.91. The van der Waals surface area contributed by atoms with Crippen molar-refractivity contribution in [3.05, 3.63) is 29.6 Å². The van der Waals surface area contributed by atoms with Crippen LogP contribution in [0.2, 0.25) is 0 Å². The van der Waals surface area contributed by atoms with Crippen molar-refractivity contribution in [3.63, 3.8) is 0 Å². The highest BCUT2D eigenvalue weighted by Crippen LogP contribution is 2.19. The van der Waals surface area contributed by atoms with Crippen LogP contribution in [0, 0.1) is 18.3 Å². The van der Waals surface area contributed by atoms with Gasteiger partial charge in [-0.25, -0.2) is 9.13 Å². The van der Waals surface area contributed by atoms with Crippen LogP contribution in [0.25, 0.3) is 11.0 Å². The third-order valence-electron chi connectivity index (χ3n) is 4.49. The molecule has 0 fully saturated rings. The van der Waals surface area contributed by atoms with E-state index in [1.807, 2.05) is 37.5 Å². The predicted octanol–water partition coefficient (Wildman–Crippen LogP) is 2.58. The summed E-state index contributed by atoms with van der Waals surface area (Å²) in [6.07, 6.45) is 1.48. The van der Waals surface area contributed by atoms with Gasteiger partial charge in [0.1, 0.15) is 0 Å². The maximum Gasteiger partial charge on any atom is 0.267 e. The summed E-state index contributed by atoms with van der Waals surface area (Å²) in [5.41, 5.74) is 2.51. The predicted molar refractivity (Wildman–Crippen MR) is 92.1 cm³/mol. The molecule has 24 heavy (non-hydrogen) atoms. The normalized spacial score (nSPS) is 13.1. The maximum absolute atomic E-state index is 11.6. The molecule has 0 bridgehead atoms. The molecule has 2 rings (SSSR count). The summed E-state index contributed by atoms with van der Waals surface area (Å²) in [5, 5.41) is 8.38. The van der Waals surface area contributed by atoms with Crippen LogP contribution in [0.5, 0.6) is 0 Å². The van der Waals surface area contributed by atoms with Gasteiger partial charge in [-0.05, 0) is 25.5 Å². The molecule has 1 heterocycles. The number of aryl methyl sites for hydroxylation is 2. The zero-order valence-corrected chi connectivity index (χ0v) is 15.2. The number of hydrogen-bond acceptors (Lipinski definition) is 3. The summed E-state index contributed by atoms with van der Waals surface area (Å²) in [5.74, 6) is 1.01. The van der Waals surface area contributed by atoms with Crippen LogP contribution < -0.4 is 4.57 Å². The first-order valence-corrected chi connectivity index (χ1v) is 9.72. The number of hydrogen-bond donors (Lipinski definition) is 1. The molecular weight excluding hydrogens is 326 g/mol. The summed E-state index contributed by atoms with van der Waals surface area (Å²) in [6, 6.07) is 7.69. The van der Waals surface area contributed by atoms with Gasteiger partial charge in [0.15, 0.2) is 11.0 Å². The first kappa shape index (κ1) is 18.4. The smallest absolute Gasteiger partial charge is 0.267 e. The molecule has 0 spiro atoms. The van der Waals surface area contributed by atoms with Crippen molar-refractivity contribution in [1.82, 2.24) is 4.57 Å². The number of aromatic nitrogens is 2. The van der Waals surface area contributed by atoms with Crippen molar-refractivity contribution < 1.29 is 17.5 Å². The molecule has 1 aromatic heterocycles. The topological polar surface area (TPSA) is 87.0 Å². The fraction of sp³-hybridized carbons (Fsp3) is 0.529. The minimum absolute atomic E-state index is 0.345. The molecule has 6 nitrogen and oxygen atoms in total. The lowest BCUT2D eigenvalue weighted by Gasteiger charge is -2.12.